The minimum Gasteiger partial charge on any atom is -0.481 e. The van der Waals surface area contributed by atoms with Crippen LogP contribution in [0.4, 0.5) is 0 Å². The van der Waals surface area contributed by atoms with E-state index in [-0.39, 0.29) is 18.7 Å². The highest BCUT2D eigenvalue weighted by Crippen LogP contribution is 2.42. The van der Waals surface area contributed by atoms with Crippen molar-refractivity contribution in [2.45, 2.75) is 72.6 Å². The third-order valence-corrected chi connectivity index (χ3v) is 5.19. The van der Waals surface area contributed by atoms with Crippen molar-refractivity contribution in [3.05, 3.63) is 12.2 Å². The van der Waals surface area contributed by atoms with E-state index in [2.05, 4.69) is 18.8 Å². The Morgan fingerprint density at radius 3 is 2.19 bits per heavy atom. The molecule has 6 heteroatoms. The van der Waals surface area contributed by atoms with Crippen molar-refractivity contribution in [1.29, 1.82) is 0 Å². The van der Waals surface area contributed by atoms with Gasteiger partial charge in [0.05, 0.1) is 5.92 Å². The van der Waals surface area contributed by atoms with E-state index in [1.54, 1.807) is 20.9 Å². The summed E-state index contributed by atoms with van der Waals surface area (Å²) in [6.07, 6.45) is 4.52. The average molecular weight is 369 g/mol. The number of rotatable bonds is 13. The lowest BCUT2D eigenvalue weighted by Gasteiger charge is -2.37. The van der Waals surface area contributed by atoms with Crippen molar-refractivity contribution in [2.24, 2.45) is 22.5 Å². The van der Waals surface area contributed by atoms with Crippen LogP contribution in [-0.2, 0) is 14.4 Å². The molecule has 0 spiro atoms. The van der Waals surface area contributed by atoms with Gasteiger partial charge in [0.25, 0.3) is 0 Å². The Morgan fingerprint density at radius 1 is 1.19 bits per heavy atom. The van der Waals surface area contributed by atoms with Gasteiger partial charge in [-0.1, -0.05) is 46.3 Å². The smallest absolute Gasteiger partial charge is 0.306 e. The SMILES string of the molecule is C=C(CCC)CCCC(C)(CC(C)(CC(C)C(=O)O)C(N)=O)C(=O)NC. The molecule has 0 bridgehead atoms. The van der Waals surface area contributed by atoms with Gasteiger partial charge in [0, 0.05) is 17.9 Å². The fourth-order valence-electron chi connectivity index (χ4n) is 3.68. The van der Waals surface area contributed by atoms with E-state index in [9.17, 15) is 19.5 Å². The van der Waals surface area contributed by atoms with Gasteiger partial charge in [-0.2, -0.15) is 0 Å². The molecule has 0 aliphatic rings. The lowest BCUT2D eigenvalue weighted by Crippen LogP contribution is -2.46. The van der Waals surface area contributed by atoms with Crippen LogP contribution in [0, 0.1) is 16.7 Å². The molecule has 150 valence electrons. The van der Waals surface area contributed by atoms with Gasteiger partial charge < -0.3 is 16.2 Å². The van der Waals surface area contributed by atoms with Gasteiger partial charge in [-0.3, -0.25) is 14.4 Å². The number of hydrogen-bond donors (Lipinski definition) is 3. The number of carbonyl (C=O) groups excluding carboxylic acids is 2. The van der Waals surface area contributed by atoms with Crippen molar-refractivity contribution in [3.63, 3.8) is 0 Å². The van der Waals surface area contributed by atoms with Crippen LogP contribution in [0.3, 0.4) is 0 Å². The molecule has 0 radical (unpaired) electrons. The van der Waals surface area contributed by atoms with Crippen molar-refractivity contribution in [1.82, 2.24) is 5.32 Å². The molecule has 0 fully saturated rings. The van der Waals surface area contributed by atoms with Gasteiger partial charge in [-0.15, -0.1) is 0 Å². The predicted molar refractivity (Wildman–Crippen MR) is 103 cm³/mol. The molecular formula is C20H36N2O4. The molecule has 0 saturated carbocycles. The fraction of sp³-hybridized carbons (Fsp3) is 0.750. The molecule has 0 aromatic rings. The second-order valence-electron chi connectivity index (χ2n) is 8.04. The lowest BCUT2D eigenvalue weighted by atomic mass is 9.66. The predicted octanol–water partition coefficient (Wildman–Crippen LogP) is 3.26. The number of hydrogen-bond acceptors (Lipinski definition) is 3. The maximum absolute atomic E-state index is 12.6. The molecule has 26 heavy (non-hydrogen) atoms. The number of carbonyl (C=O) groups is 3. The van der Waals surface area contributed by atoms with Gasteiger partial charge in [0.2, 0.25) is 11.8 Å². The molecule has 4 N–H and O–H groups in total. The Balaban J connectivity index is 5.35. The van der Waals surface area contributed by atoms with Gasteiger partial charge in [0.1, 0.15) is 0 Å². The van der Waals surface area contributed by atoms with E-state index in [4.69, 9.17) is 5.73 Å². The van der Waals surface area contributed by atoms with Crippen LogP contribution in [0.1, 0.15) is 72.6 Å². The topological polar surface area (TPSA) is 109 Å². The monoisotopic (exact) mass is 368 g/mol. The van der Waals surface area contributed by atoms with E-state index in [0.29, 0.717) is 6.42 Å². The van der Waals surface area contributed by atoms with Gasteiger partial charge in [-0.25, -0.2) is 0 Å². The molecule has 3 unspecified atom stereocenters. The first-order valence-electron chi connectivity index (χ1n) is 9.33. The number of carboxylic acids is 1. The van der Waals surface area contributed by atoms with Crippen LogP contribution in [0.5, 0.6) is 0 Å². The van der Waals surface area contributed by atoms with E-state index < -0.39 is 28.6 Å². The third-order valence-electron chi connectivity index (χ3n) is 5.19. The van der Waals surface area contributed by atoms with Crippen LogP contribution in [0.2, 0.25) is 0 Å². The van der Waals surface area contributed by atoms with E-state index in [1.165, 1.54) is 0 Å². The Bertz CT molecular complexity index is 532. The minimum atomic E-state index is -1.07. The van der Waals surface area contributed by atoms with Crippen molar-refractivity contribution >= 4 is 17.8 Å². The summed E-state index contributed by atoms with van der Waals surface area (Å²) in [4.78, 5) is 35.9. The number of allylic oxidation sites excluding steroid dienone is 1. The Kier molecular flexibility index (Phi) is 9.60. The number of amides is 2. The third kappa shape index (κ3) is 7.18. The molecule has 0 aliphatic heterocycles. The van der Waals surface area contributed by atoms with Crippen LogP contribution in [-0.4, -0.2) is 29.9 Å². The Morgan fingerprint density at radius 2 is 1.77 bits per heavy atom. The van der Waals surface area contributed by atoms with E-state index in [0.717, 1.165) is 31.3 Å². The summed E-state index contributed by atoms with van der Waals surface area (Å²) in [5, 5.41) is 11.9. The largest absolute Gasteiger partial charge is 0.481 e. The van der Waals surface area contributed by atoms with Gasteiger partial charge >= 0.3 is 5.97 Å². The molecular weight excluding hydrogens is 332 g/mol. The summed E-state index contributed by atoms with van der Waals surface area (Å²) in [5.74, 6) is -2.43. The number of carboxylic acid groups (broad SMARTS) is 1. The van der Waals surface area contributed by atoms with Gasteiger partial charge in [-0.05, 0) is 38.5 Å². The van der Waals surface area contributed by atoms with Crippen LogP contribution in [0.25, 0.3) is 0 Å². The van der Waals surface area contributed by atoms with Crippen molar-refractivity contribution in [3.8, 4) is 0 Å². The first-order chi connectivity index (χ1) is 11.9. The summed E-state index contributed by atoms with van der Waals surface area (Å²) in [7, 11) is 1.57. The number of nitrogens with two attached hydrogens (primary N) is 1. The number of nitrogens with one attached hydrogen (secondary N) is 1. The molecule has 0 aromatic carbocycles. The fourth-order valence-corrected chi connectivity index (χ4v) is 3.68. The maximum atomic E-state index is 12.6. The van der Waals surface area contributed by atoms with Crippen LogP contribution in [0.15, 0.2) is 12.2 Å². The highest BCUT2D eigenvalue weighted by Gasteiger charge is 2.44. The molecule has 0 aliphatic carbocycles. The highest BCUT2D eigenvalue weighted by atomic mass is 16.4. The molecule has 0 saturated heterocycles. The first-order valence-corrected chi connectivity index (χ1v) is 9.33. The second kappa shape index (κ2) is 10.3. The summed E-state index contributed by atoms with van der Waals surface area (Å²) in [6, 6.07) is 0. The molecule has 6 nitrogen and oxygen atoms in total. The summed E-state index contributed by atoms with van der Waals surface area (Å²) >= 11 is 0. The summed E-state index contributed by atoms with van der Waals surface area (Å²) in [5.41, 5.74) is 4.89. The zero-order valence-corrected chi connectivity index (χ0v) is 17.0. The lowest BCUT2D eigenvalue weighted by molar-refractivity contribution is -0.144. The van der Waals surface area contributed by atoms with Gasteiger partial charge in [0.15, 0.2) is 0 Å². The number of primary amides is 1. The second-order valence-corrected chi connectivity index (χ2v) is 8.04. The van der Waals surface area contributed by atoms with E-state index in [1.807, 2.05) is 6.92 Å². The summed E-state index contributed by atoms with van der Waals surface area (Å²) < 4.78 is 0. The zero-order chi connectivity index (χ0) is 20.5. The van der Waals surface area contributed by atoms with Crippen molar-refractivity contribution < 1.29 is 19.5 Å². The summed E-state index contributed by atoms with van der Waals surface area (Å²) in [6.45, 7) is 11.2. The Labute approximate surface area is 157 Å². The zero-order valence-electron chi connectivity index (χ0n) is 17.0. The molecule has 2 amide bonds. The minimum absolute atomic E-state index is 0.104. The molecule has 3 atom stereocenters. The van der Waals surface area contributed by atoms with Crippen LogP contribution < -0.4 is 11.1 Å². The first kappa shape index (κ1) is 24.1. The normalized spacial score (nSPS) is 16.8. The van der Waals surface area contributed by atoms with Crippen molar-refractivity contribution in [2.75, 3.05) is 7.05 Å². The highest BCUT2D eigenvalue weighted by molar-refractivity contribution is 5.85. The standard InChI is InChI=1S/C20H36N2O4/c1-7-9-14(2)10-8-11-19(4,18(26)22-6)13-20(5,17(21)25)12-15(3)16(23)24/h15H,2,7-13H2,1,3-6H3,(H2,21,25)(H,22,26)(H,23,24). The molecule has 0 heterocycles. The maximum Gasteiger partial charge on any atom is 0.306 e. The molecule has 0 rings (SSSR count). The number of aliphatic carboxylic acids is 1. The Hall–Kier alpha value is -1.85. The quantitative estimate of drug-likeness (QED) is 0.433. The molecule has 0 aromatic heterocycles. The van der Waals surface area contributed by atoms with Crippen LogP contribution >= 0.6 is 0 Å². The van der Waals surface area contributed by atoms with E-state index >= 15 is 0 Å². The average Bonchev–Trinajstić information content (AvgIpc) is 2.53.